The van der Waals surface area contributed by atoms with Gasteiger partial charge < -0.3 is 10.2 Å². The summed E-state index contributed by atoms with van der Waals surface area (Å²) in [4.78, 5) is 2.50. The first-order valence-corrected chi connectivity index (χ1v) is 8.11. The van der Waals surface area contributed by atoms with Crippen molar-refractivity contribution in [3.05, 3.63) is 29.8 Å². The Morgan fingerprint density at radius 2 is 2.22 bits per heavy atom. The van der Waals surface area contributed by atoms with E-state index in [2.05, 4.69) is 54.7 Å². The van der Waals surface area contributed by atoms with E-state index in [1.807, 2.05) is 11.8 Å². The van der Waals surface area contributed by atoms with Gasteiger partial charge >= 0.3 is 0 Å². The normalized spacial score (nSPS) is 20.3. The fourth-order valence-corrected chi connectivity index (χ4v) is 3.33. The molecule has 0 aromatic heterocycles. The van der Waals surface area contributed by atoms with Crippen LogP contribution in [0.2, 0.25) is 0 Å². The van der Waals surface area contributed by atoms with E-state index in [1.54, 1.807) is 0 Å². The summed E-state index contributed by atoms with van der Waals surface area (Å²) in [6.45, 7) is 4.61. The van der Waals surface area contributed by atoms with Gasteiger partial charge in [-0.2, -0.15) is 11.8 Å². The SMILES string of the molecule is CSCC(C)N(C)CC1CNc2ccccc2C1. The van der Waals surface area contributed by atoms with Crippen LogP contribution in [0.4, 0.5) is 5.69 Å². The summed E-state index contributed by atoms with van der Waals surface area (Å²) in [5.74, 6) is 1.95. The molecule has 18 heavy (non-hydrogen) atoms. The molecule has 2 nitrogen and oxygen atoms in total. The summed E-state index contributed by atoms with van der Waals surface area (Å²) in [5, 5.41) is 3.56. The highest BCUT2D eigenvalue weighted by atomic mass is 32.2. The molecule has 2 unspecified atom stereocenters. The number of hydrogen-bond acceptors (Lipinski definition) is 3. The van der Waals surface area contributed by atoms with E-state index in [0.717, 1.165) is 12.5 Å². The van der Waals surface area contributed by atoms with E-state index in [9.17, 15) is 0 Å². The van der Waals surface area contributed by atoms with Crippen molar-refractivity contribution in [2.24, 2.45) is 5.92 Å². The topological polar surface area (TPSA) is 15.3 Å². The third kappa shape index (κ3) is 3.42. The Bertz CT molecular complexity index is 381. The highest BCUT2D eigenvalue weighted by Crippen LogP contribution is 2.24. The van der Waals surface area contributed by atoms with Gasteiger partial charge in [0, 0.05) is 30.6 Å². The van der Waals surface area contributed by atoms with E-state index in [-0.39, 0.29) is 0 Å². The fourth-order valence-electron chi connectivity index (χ4n) is 2.59. The van der Waals surface area contributed by atoms with Crippen LogP contribution in [0, 0.1) is 5.92 Å². The van der Waals surface area contributed by atoms with Crippen LogP contribution in [0.15, 0.2) is 24.3 Å². The summed E-state index contributed by atoms with van der Waals surface area (Å²) in [7, 11) is 2.25. The maximum Gasteiger partial charge on any atom is 0.0372 e. The number of rotatable bonds is 5. The van der Waals surface area contributed by atoms with Crippen LogP contribution in [-0.4, -0.2) is 43.1 Å². The van der Waals surface area contributed by atoms with Gasteiger partial charge in [-0.15, -0.1) is 0 Å². The Morgan fingerprint density at radius 1 is 1.44 bits per heavy atom. The molecular weight excluding hydrogens is 240 g/mol. The number of fused-ring (bicyclic) bond motifs is 1. The standard InChI is InChI=1S/C15H24N2S/c1-12(11-18-3)17(2)10-13-8-14-6-4-5-7-15(14)16-9-13/h4-7,12-13,16H,8-11H2,1-3H3. The zero-order valence-electron chi connectivity index (χ0n) is 11.6. The van der Waals surface area contributed by atoms with E-state index < -0.39 is 0 Å². The number of hydrogen-bond donors (Lipinski definition) is 1. The number of para-hydroxylation sites is 1. The van der Waals surface area contributed by atoms with Crippen LogP contribution in [0.1, 0.15) is 12.5 Å². The monoisotopic (exact) mass is 264 g/mol. The van der Waals surface area contributed by atoms with E-state index >= 15 is 0 Å². The first kappa shape index (κ1) is 13.8. The number of thioether (sulfide) groups is 1. The molecular formula is C15H24N2S. The Hall–Kier alpha value is -0.670. The highest BCUT2D eigenvalue weighted by Gasteiger charge is 2.20. The lowest BCUT2D eigenvalue weighted by Gasteiger charge is -2.32. The maximum absolute atomic E-state index is 3.56. The first-order valence-electron chi connectivity index (χ1n) is 6.71. The molecule has 2 rings (SSSR count). The zero-order chi connectivity index (χ0) is 13.0. The van der Waals surface area contributed by atoms with Crippen molar-refractivity contribution in [2.45, 2.75) is 19.4 Å². The summed E-state index contributed by atoms with van der Waals surface area (Å²) in [6.07, 6.45) is 3.39. The molecule has 1 aromatic rings. The predicted octanol–water partition coefficient (Wildman–Crippen LogP) is 2.95. The van der Waals surface area contributed by atoms with Gasteiger partial charge in [-0.3, -0.25) is 0 Å². The molecule has 1 N–H and O–H groups in total. The summed E-state index contributed by atoms with van der Waals surface area (Å²) in [5.41, 5.74) is 2.80. The molecule has 0 radical (unpaired) electrons. The summed E-state index contributed by atoms with van der Waals surface area (Å²) in [6, 6.07) is 9.35. The second-order valence-corrected chi connectivity index (χ2v) is 6.26. The van der Waals surface area contributed by atoms with Crippen molar-refractivity contribution < 1.29 is 0 Å². The molecule has 1 aliphatic heterocycles. The van der Waals surface area contributed by atoms with Gasteiger partial charge in [-0.1, -0.05) is 18.2 Å². The van der Waals surface area contributed by atoms with Gasteiger partial charge in [0.25, 0.3) is 0 Å². The lowest BCUT2D eigenvalue weighted by atomic mass is 9.93. The van der Waals surface area contributed by atoms with Crippen molar-refractivity contribution in [1.82, 2.24) is 4.90 Å². The third-order valence-corrected chi connectivity index (χ3v) is 4.63. The minimum Gasteiger partial charge on any atom is -0.384 e. The Balaban J connectivity index is 1.89. The fraction of sp³-hybridized carbons (Fsp3) is 0.600. The molecule has 0 fully saturated rings. The van der Waals surface area contributed by atoms with Gasteiger partial charge in [0.1, 0.15) is 0 Å². The van der Waals surface area contributed by atoms with Gasteiger partial charge in [0.15, 0.2) is 0 Å². The van der Waals surface area contributed by atoms with Gasteiger partial charge in [-0.05, 0) is 44.2 Å². The molecule has 100 valence electrons. The Kier molecular flexibility index (Phi) is 4.95. The van der Waals surface area contributed by atoms with Crippen molar-refractivity contribution in [1.29, 1.82) is 0 Å². The quantitative estimate of drug-likeness (QED) is 0.880. The number of nitrogens with one attached hydrogen (secondary N) is 1. The second-order valence-electron chi connectivity index (χ2n) is 5.35. The average molecular weight is 264 g/mol. The summed E-state index contributed by atoms with van der Waals surface area (Å²) >= 11 is 1.93. The molecule has 0 spiro atoms. The lowest BCUT2D eigenvalue weighted by molar-refractivity contribution is 0.235. The maximum atomic E-state index is 3.56. The minimum atomic E-state index is 0.664. The van der Waals surface area contributed by atoms with E-state index in [0.29, 0.717) is 6.04 Å². The smallest absolute Gasteiger partial charge is 0.0372 e. The third-order valence-electron chi connectivity index (χ3n) is 3.81. The summed E-state index contributed by atoms with van der Waals surface area (Å²) < 4.78 is 0. The minimum absolute atomic E-state index is 0.664. The molecule has 3 heteroatoms. The molecule has 1 heterocycles. The van der Waals surface area contributed by atoms with Crippen molar-refractivity contribution in [2.75, 3.05) is 37.5 Å². The van der Waals surface area contributed by atoms with Crippen LogP contribution in [0.5, 0.6) is 0 Å². The average Bonchev–Trinajstić information content (AvgIpc) is 2.39. The molecule has 0 saturated heterocycles. The molecule has 1 aromatic carbocycles. The van der Waals surface area contributed by atoms with Crippen LogP contribution in [-0.2, 0) is 6.42 Å². The van der Waals surface area contributed by atoms with Crippen molar-refractivity contribution in [3.8, 4) is 0 Å². The number of benzene rings is 1. The lowest BCUT2D eigenvalue weighted by Crippen LogP contribution is -2.39. The first-order chi connectivity index (χ1) is 8.70. The second kappa shape index (κ2) is 6.48. The molecule has 0 amide bonds. The van der Waals surface area contributed by atoms with Gasteiger partial charge in [-0.25, -0.2) is 0 Å². The molecule has 1 aliphatic rings. The number of nitrogens with zero attached hydrogens (tertiary/aromatic N) is 1. The molecule has 2 atom stereocenters. The number of anilines is 1. The molecule has 0 saturated carbocycles. The van der Waals surface area contributed by atoms with Crippen molar-refractivity contribution >= 4 is 17.4 Å². The van der Waals surface area contributed by atoms with Crippen molar-refractivity contribution in [3.63, 3.8) is 0 Å². The van der Waals surface area contributed by atoms with E-state index in [4.69, 9.17) is 0 Å². The Morgan fingerprint density at radius 3 is 3.00 bits per heavy atom. The van der Waals surface area contributed by atoms with Gasteiger partial charge in [0.05, 0.1) is 0 Å². The zero-order valence-corrected chi connectivity index (χ0v) is 12.5. The largest absolute Gasteiger partial charge is 0.384 e. The predicted molar refractivity (Wildman–Crippen MR) is 82.6 cm³/mol. The molecule has 0 aliphatic carbocycles. The Labute approximate surface area is 115 Å². The van der Waals surface area contributed by atoms with Crippen LogP contribution in [0.3, 0.4) is 0 Å². The van der Waals surface area contributed by atoms with Crippen LogP contribution in [0.25, 0.3) is 0 Å². The van der Waals surface area contributed by atoms with Crippen LogP contribution < -0.4 is 5.32 Å². The van der Waals surface area contributed by atoms with E-state index in [1.165, 1.54) is 30.0 Å². The molecule has 0 bridgehead atoms. The highest BCUT2D eigenvalue weighted by molar-refractivity contribution is 7.98. The van der Waals surface area contributed by atoms with Gasteiger partial charge in [0.2, 0.25) is 0 Å². The van der Waals surface area contributed by atoms with Crippen LogP contribution >= 0.6 is 11.8 Å².